The minimum Gasteiger partial charge on any atom is -0.361 e. The summed E-state index contributed by atoms with van der Waals surface area (Å²) in [6.07, 6.45) is 0. The topological polar surface area (TPSA) is 63.6 Å². The molecule has 16 heavy (non-hydrogen) atoms. The summed E-state index contributed by atoms with van der Waals surface area (Å²) >= 11 is 0. The molecule has 2 aromatic rings. The molecule has 6 heteroatoms. The van der Waals surface area contributed by atoms with E-state index in [4.69, 9.17) is 4.55 Å². The van der Waals surface area contributed by atoms with E-state index >= 15 is 0 Å². The summed E-state index contributed by atoms with van der Waals surface area (Å²) in [6.45, 7) is 0. The molecule has 0 radical (unpaired) electrons. The fraction of sp³-hybridized carbons (Fsp3) is 0. The Bertz CT molecular complexity index is 589. The second-order valence-corrected chi connectivity index (χ2v) is 4.01. The third-order valence-corrected chi connectivity index (χ3v) is 2.33. The molecule has 1 N–H and O–H groups in total. The van der Waals surface area contributed by atoms with Crippen molar-refractivity contribution in [3.8, 4) is 5.75 Å². The van der Waals surface area contributed by atoms with Gasteiger partial charge in [0.1, 0.15) is 0 Å². The molecule has 0 saturated heterocycles. The van der Waals surface area contributed by atoms with Crippen molar-refractivity contribution in [2.45, 2.75) is 0 Å². The first-order valence-corrected chi connectivity index (χ1v) is 5.57. The molecular formula is C10H8KO4S+. The summed E-state index contributed by atoms with van der Waals surface area (Å²) in [4.78, 5) is 0. The van der Waals surface area contributed by atoms with E-state index in [0.717, 1.165) is 5.39 Å². The molecule has 0 saturated carbocycles. The van der Waals surface area contributed by atoms with Gasteiger partial charge in [-0.2, -0.15) is 8.42 Å². The molecule has 0 unspecified atom stereocenters. The summed E-state index contributed by atoms with van der Waals surface area (Å²) in [6, 6.07) is 12.1. The average molecular weight is 263 g/mol. The van der Waals surface area contributed by atoms with Gasteiger partial charge in [0, 0.05) is 5.39 Å². The van der Waals surface area contributed by atoms with Gasteiger partial charge in [0.25, 0.3) is 0 Å². The molecule has 78 valence electrons. The standard InChI is InChI=1S/C10H8O4S.K/c11-15(12,13)14-10-7-3-5-8-4-1-2-6-9(8)10;/h1-7H,(H,11,12,13);/q;+1. The van der Waals surface area contributed by atoms with Gasteiger partial charge in [-0.15, -0.1) is 0 Å². The van der Waals surface area contributed by atoms with Crippen LogP contribution in [-0.4, -0.2) is 13.0 Å². The molecule has 0 aliphatic heterocycles. The van der Waals surface area contributed by atoms with Crippen LogP contribution in [0.5, 0.6) is 5.75 Å². The van der Waals surface area contributed by atoms with Gasteiger partial charge in [0.15, 0.2) is 5.75 Å². The van der Waals surface area contributed by atoms with Crippen LogP contribution in [0, 0.1) is 0 Å². The molecule has 0 aromatic heterocycles. The van der Waals surface area contributed by atoms with Gasteiger partial charge in [0.2, 0.25) is 0 Å². The Kier molecular flexibility index (Phi) is 4.93. The predicted octanol–water partition coefficient (Wildman–Crippen LogP) is -0.975. The molecule has 0 spiro atoms. The van der Waals surface area contributed by atoms with Gasteiger partial charge in [0.05, 0.1) is 0 Å². The predicted molar refractivity (Wildman–Crippen MR) is 56.1 cm³/mol. The van der Waals surface area contributed by atoms with Crippen molar-refractivity contribution < 1.29 is 68.5 Å². The molecule has 0 aliphatic carbocycles. The van der Waals surface area contributed by atoms with E-state index in [1.165, 1.54) is 6.07 Å². The molecule has 2 aromatic carbocycles. The van der Waals surface area contributed by atoms with Gasteiger partial charge in [-0.25, -0.2) is 0 Å². The van der Waals surface area contributed by atoms with E-state index in [0.29, 0.717) is 5.39 Å². The van der Waals surface area contributed by atoms with E-state index in [1.54, 1.807) is 18.2 Å². The molecule has 0 heterocycles. The SMILES string of the molecule is O=S(=O)(O)Oc1cccc2ccccc12.[K+]. The molecule has 4 nitrogen and oxygen atoms in total. The fourth-order valence-corrected chi connectivity index (χ4v) is 1.75. The Morgan fingerprint density at radius 3 is 2.31 bits per heavy atom. The maximum atomic E-state index is 10.6. The zero-order chi connectivity index (χ0) is 10.9. The Hall–Kier alpha value is 0.0464. The monoisotopic (exact) mass is 263 g/mol. The minimum atomic E-state index is -4.47. The number of hydrogen-bond acceptors (Lipinski definition) is 3. The van der Waals surface area contributed by atoms with Crippen molar-refractivity contribution in [3.05, 3.63) is 42.5 Å². The molecule has 0 fully saturated rings. The molecule has 0 aliphatic rings. The van der Waals surface area contributed by atoms with E-state index in [-0.39, 0.29) is 57.1 Å². The van der Waals surface area contributed by atoms with E-state index in [1.807, 2.05) is 18.2 Å². The largest absolute Gasteiger partial charge is 1.00 e. The summed E-state index contributed by atoms with van der Waals surface area (Å²) in [5, 5.41) is 1.48. The molecular weight excluding hydrogens is 255 g/mol. The first-order chi connectivity index (χ1) is 7.06. The van der Waals surface area contributed by atoms with Crippen molar-refractivity contribution in [2.75, 3.05) is 0 Å². The fourth-order valence-electron chi connectivity index (χ4n) is 1.38. The second-order valence-electron chi connectivity index (χ2n) is 2.99. The summed E-state index contributed by atoms with van der Waals surface area (Å²) in [5.41, 5.74) is 0. The third kappa shape index (κ3) is 3.52. The number of rotatable bonds is 2. The van der Waals surface area contributed by atoms with Crippen molar-refractivity contribution in [1.29, 1.82) is 0 Å². The zero-order valence-corrected chi connectivity index (χ0v) is 12.6. The number of fused-ring (bicyclic) bond motifs is 1. The van der Waals surface area contributed by atoms with Crippen LogP contribution in [0.25, 0.3) is 10.8 Å². The zero-order valence-electron chi connectivity index (χ0n) is 8.62. The summed E-state index contributed by atoms with van der Waals surface area (Å²) in [7, 11) is -4.47. The van der Waals surface area contributed by atoms with Gasteiger partial charge >= 0.3 is 61.8 Å². The Morgan fingerprint density at radius 1 is 1.00 bits per heavy atom. The Labute approximate surface area is 136 Å². The Balaban J connectivity index is 0.00000128. The van der Waals surface area contributed by atoms with Crippen molar-refractivity contribution in [1.82, 2.24) is 0 Å². The molecule has 0 atom stereocenters. The van der Waals surface area contributed by atoms with E-state index in [2.05, 4.69) is 4.18 Å². The van der Waals surface area contributed by atoms with Crippen molar-refractivity contribution >= 4 is 21.2 Å². The first-order valence-electron chi connectivity index (χ1n) is 4.21. The molecule has 0 bridgehead atoms. The summed E-state index contributed by atoms with van der Waals surface area (Å²) < 4.78 is 34.2. The van der Waals surface area contributed by atoms with Crippen LogP contribution in [0.3, 0.4) is 0 Å². The van der Waals surface area contributed by atoms with E-state index in [9.17, 15) is 8.42 Å². The quantitative estimate of drug-likeness (QED) is 0.559. The van der Waals surface area contributed by atoms with Crippen LogP contribution in [0.1, 0.15) is 0 Å². The third-order valence-electron chi connectivity index (χ3n) is 1.94. The number of benzene rings is 2. The van der Waals surface area contributed by atoms with Crippen LogP contribution in [0.4, 0.5) is 0 Å². The van der Waals surface area contributed by atoms with Crippen LogP contribution < -0.4 is 55.6 Å². The molecule has 2 rings (SSSR count). The van der Waals surface area contributed by atoms with Crippen LogP contribution in [0.15, 0.2) is 42.5 Å². The van der Waals surface area contributed by atoms with E-state index < -0.39 is 10.4 Å². The summed E-state index contributed by atoms with van der Waals surface area (Å²) in [5.74, 6) is 0.121. The van der Waals surface area contributed by atoms with Gasteiger partial charge < -0.3 is 4.18 Å². The average Bonchev–Trinajstić information content (AvgIpc) is 2.16. The van der Waals surface area contributed by atoms with Gasteiger partial charge in [-0.1, -0.05) is 36.4 Å². The van der Waals surface area contributed by atoms with Gasteiger partial charge in [-0.3, -0.25) is 4.55 Å². The maximum Gasteiger partial charge on any atom is 1.00 e. The molecule has 0 amide bonds. The van der Waals surface area contributed by atoms with Crippen LogP contribution >= 0.6 is 0 Å². The normalized spacial score (nSPS) is 10.8. The maximum absolute atomic E-state index is 10.6. The minimum absolute atomic E-state index is 0. The van der Waals surface area contributed by atoms with Crippen molar-refractivity contribution in [2.24, 2.45) is 0 Å². The number of hydrogen-bond donors (Lipinski definition) is 1. The smallest absolute Gasteiger partial charge is 0.361 e. The Morgan fingerprint density at radius 2 is 1.62 bits per heavy atom. The van der Waals surface area contributed by atoms with Crippen LogP contribution in [-0.2, 0) is 10.4 Å². The first kappa shape index (κ1) is 14.1. The second kappa shape index (κ2) is 5.59. The van der Waals surface area contributed by atoms with Crippen molar-refractivity contribution in [3.63, 3.8) is 0 Å². The van der Waals surface area contributed by atoms with Crippen LogP contribution in [0.2, 0.25) is 0 Å². The van der Waals surface area contributed by atoms with Gasteiger partial charge in [-0.05, 0) is 11.5 Å².